The van der Waals surface area contributed by atoms with Crippen LogP contribution in [0.4, 0.5) is 11.5 Å². The summed E-state index contributed by atoms with van der Waals surface area (Å²) in [6.45, 7) is 7.35. The molecule has 0 unspecified atom stereocenters. The molecule has 1 heterocycles. The number of benzene rings is 2. The van der Waals surface area contributed by atoms with Crippen LogP contribution < -0.4 is 11.1 Å². The van der Waals surface area contributed by atoms with Crippen LogP contribution in [0.1, 0.15) is 22.3 Å². The number of pyridine rings is 1. The Balaban J connectivity index is 0.000000701. The fourth-order valence-electron chi connectivity index (χ4n) is 2.45. The third-order valence-corrected chi connectivity index (χ3v) is 3.76. The molecule has 0 saturated heterocycles. The van der Waals surface area contributed by atoms with E-state index in [1.807, 2.05) is 18.3 Å². The number of anilines is 2. The first-order valence-electron chi connectivity index (χ1n) is 8.28. The van der Waals surface area contributed by atoms with E-state index in [-0.39, 0.29) is 0 Å². The van der Waals surface area contributed by atoms with Crippen molar-refractivity contribution in [1.82, 2.24) is 4.98 Å². The molecule has 3 N–H and O–H groups in total. The van der Waals surface area contributed by atoms with Gasteiger partial charge in [-0.2, -0.15) is 0 Å². The number of nitrogens with one attached hydrogen (secondary N) is 1. The third-order valence-electron chi connectivity index (χ3n) is 3.76. The molecule has 25 heavy (non-hydrogen) atoms. The zero-order valence-corrected chi connectivity index (χ0v) is 14.9. The molecule has 0 aliphatic heterocycles. The van der Waals surface area contributed by atoms with Crippen LogP contribution in [0, 0.1) is 13.8 Å². The minimum atomic E-state index is 0.888. The second-order valence-electron chi connectivity index (χ2n) is 5.89. The van der Waals surface area contributed by atoms with Crippen LogP contribution in [-0.4, -0.2) is 4.98 Å². The van der Waals surface area contributed by atoms with E-state index < -0.39 is 0 Å². The Kier molecular flexibility index (Phi) is 6.78. The standard InChI is InChI=1S/C20H20N2.C2H5N/c1-15-7-9-17(10-8-15)13-18-11-12-21-20(14-18)22-19-6-4-3-5-16(19)2;1-2-3/h3-12,14H,13H2,1-2H3,(H,21,22);2H,1,3H2. The number of para-hydroxylation sites is 1. The number of hydrogen-bond donors (Lipinski definition) is 2. The number of aromatic nitrogens is 1. The Labute approximate surface area is 150 Å². The maximum absolute atomic E-state index is 4.61. The Morgan fingerprint density at radius 1 is 1.00 bits per heavy atom. The number of nitrogens with two attached hydrogens (primary N) is 1. The molecule has 3 nitrogen and oxygen atoms in total. The predicted octanol–water partition coefficient (Wildman–Crippen LogP) is 5.12. The molecule has 0 amide bonds. The van der Waals surface area contributed by atoms with Crippen molar-refractivity contribution in [3.8, 4) is 0 Å². The number of nitrogens with zero attached hydrogens (tertiary/aromatic N) is 1. The summed E-state index contributed by atoms with van der Waals surface area (Å²) in [5.74, 6) is 0.888. The zero-order chi connectivity index (χ0) is 18.1. The lowest BCUT2D eigenvalue weighted by Gasteiger charge is -2.10. The molecule has 128 valence electrons. The van der Waals surface area contributed by atoms with Gasteiger partial charge in [0.2, 0.25) is 0 Å². The highest BCUT2D eigenvalue weighted by Crippen LogP contribution is 2.20. The number of hydrogen-bond acceptors (Lipinski definition) is 3. The largest absolute Gasteiger partial charge is 0.405 e. The molecule has 0 fully saturated rings. The lowest BCUT2D eigenvalue weighted by atomic mass is 10.0. The molecule has 0 atom stereocenters. The summed E-state index contributed by atoms with van der Waals surface area (Å²) in [7, 11) is 0. The highest BCUT2D eigenvalue weighted by atomic mass is 15.0. The Hall–Kier alpha value is -3.07. The maximum Gasteiger partial charge on any atom is 0.130 e. The van der Waals surface area contributed by atoms with Crippen LogP contribution in [0.2, 0.25) is 0 Å². The summed E-state index contributed by atoms with van der Waals surface area (Å²) in [5, 5.41) is 3.40. The van der Waals surface area contributed by atoms with Gasteiger partial charge in [-0.15, -0.1) is 0 Å². The highest BCUT2D eigenvalue weighted by Gasteiger charge is 2.02. The predicted molar refractivity (Wildman–Crippen MR) is 107 cm³/mol. The number of rotatable bonds is 4. The fourth-order valence-corrected chi connectivity index (χ4v) is 2.45. The average Bonchev–Trinajstić information content (AvgIpc) is 2.60. The van der Waals surface area contributed by atoms with Crippen molar-refractivity contribution in [1.29, 1.82) is 0 Å². The van der Waals surface area contributed by atoms with Crippen molar-refractivity contribution in [2.75, 3.05) is 5.32 Å². The second-order valence-corrected chi connectivity index (χ2v) is 5.89. The molecule has 2 aromatic carbocycles. The van der Waals surface area contributed by atoms with E-state index in [0.717, 1.165) is 17.9 Å². The molecule has 0 aliphatic rings. The Morgan fingerprint density at radius 2 is 1.68 bits per heavy atom. The van der Waals surface area contributed by atoms with E-state index in [2.05, 4.69) is 85.0 Å². The van der Waals surface area contributed by atoms with E-state index in [4.69, 9.17) is 0 Å². The minimum Gasteiger partial charge on any atom is -0.405 e. The quantitative estimate of drug-likeness (QED) is 0.697. The molecule has 0 spiro atoms. The zero-order valence-electron chi connectivity index (χ0n) is 14.9. The molecular formula is C22H25N3. The molecule has 3 aromatic rings. The fraction of sp³-hybridized carbons (Fsp3) is 0.136. The second kappa shape index (κ2) is 9.28. The van der Waals surface area contributed by atoms with Gasteiger partial charge < -0.3 is 11.1 Å². The lowest BCUT2D eigenvalue weighted by Crippen LogP contribution is -1.97. The van der Waals surface area contributed by atoms with E-state index in [1.165, 1.54) is 28.5 Å². The van der Waals surface area contributed by atoms with Crippen molar-refractivity contribution in [2.45, 2.75) is 20.3 Å². The van der Waals surface area contributed by atoms with Crippen molar-refractivity contribution >= 4 is 11.5 Å². The smallest absolute Gasteiger partial charge is 0.130 e. The molecule has 1 aromatic heterocycles. The van der Waals surface area contributed by atoms with E-state index in [1.54, 1.807) is 0 Å². The van der Waals surface area contributed by atoms with Gasteiger partial charge in [0.1, 0.15) is 5.82 Å². The minimum absolute atomic E-state index is 0.888. The van der Waals surface area contributed by atoms with Crippen molar-refractivity contribution < 1.29 is 0 Å². The van der Waals surface area contributed by atoms with Gasteiger partial charge in [-0.25, -0.2) is 4.98 Å². The van der Waals surface area contributed by atoms with Crippen LogP contribution in [-0.2, 0) is 6.42 Å². The first-order chi connectivity index (χ1) is 12.1. The summed E-state index contributed by atoms with van der Waals surface area (Å²) in [5.41, 5.74) is 10.8. The topological polar surface area (TPSA) is 50.9 Å². The van der Waals surface area contributed by atoms with Crippen LogP contribution in [0.25, 0.3) is 0 Å². The third kappa shape index (κ3) is 5.81. The first kappa shape index (κ1) is 18.3. The van der Waals surface area contributed by atoms with Crippen LogP contribution in [0.3, 0.4) is 0 Å². The molecule has 3 rings (SSSR count). The summed E-state index contributed by atoms with van der Waals surface area (Å²) in [6, 6.07) is 21.1. The normalized spacial score (nSPS) is 9.68. The van der Waals surface area contributed by atoms with Gasteiger partial charge in [-0.05, 0) is 61.4 Å². The molecular weight excluding hydrogens is 306 g/mol. The summed E-state index contributed by atoms with van der Waals surface area (Å²) < 4.78 is 0. The summed E-state index contributed by atoms with van der Waals surface area (Å²) >= 11 is 0. The molecule has 3 heteroatoms. The Bertz CT molecular complexity index is 808. The molecule has 0 aliphatic carbocycles. The van der Waals surface area contributed by atoms with E-state index in [9.17, 15) is 0 Å². The molecule has 0 bridgehead atoms. The van der Waals surface area contributed by atoms with Gasteiger partial charge in [0.05, 0.1) is 0 Å². The van der Waals surface area contributed by atoms with Gasteiger partial charge in [-0.1, -0.05) is 54.6 Å². The van der Waals surface area contributed by atoms with Crippen LogP contribution in [0.5, 0.6) is 0 Å². The van der Waals surface area contributed by atoms with Crippen molar-refractivity contribution in [3.05, 3.63) is 102 Å². The Morgan fingerprint density at radius 3 is 2.36 bits per heavy atom. The molecule has 0 saturated carbocycles. The van der Waals surface area contributed by atoms with Gasteiger partial charge in [0.15, 0.2) is 0 Å². The van der Waals surface area contributed by atoms with Crippen molar-refractivity contribution in [3.63, 3.8) is 0 Å². The van der Waals surface area contributed by atoms with Gasteiger partial charge in [-0.3, -0.25) is 0 Å². The SMILES string of the molecule is C=CN.Cc1ccc(Cc2ccnc(Nc3ccccc3C)c2)cc1. The molecule has 0 radical (unpaired) electrons. The van der Waals surface area contributed by atoms with Gasteiger partial charge in [0.25, 0.3) is 0 Å². The first-order valence-corrected chi connectivity index (χ1v) is 8.28. The van der Waals surface area contributed by atoms with Crippen molar-refractivity contribution in [2.24, 2.45) is 5.73 Å². The summed E-state index contributed by atoms with van der Waals surface area (Å²) in [4.78, 5) is 4.42. The lowest BCUT2D eigenvalue weighted by molar-refractivity contribution is 1.16. The highest BCUT2D eigenvalue weighted by molar-refractivity contribution is 5.60. The van der Waals surface area contributed by atoms with Gasteiger partial charge >= 0.3 is 0 Å². The summed E-state index contributed by atoms with van der Waals surface area (Å²) in [6.07, 6.45) is 4.04. The monoisotopic (exact) mass is 331 g/mol. The average molecular weight is 331 g/mol. The number of aryl methyl sites for hydroxylation is 2. The van der Waals surface area contributed by atoms with Crippen LogP contribution in [0.15, 0.2) is 79.6 Å². The van der Waals surface area contributed by atoms with E-state index >= 15 is 0 Å². The van der Waals surface area contributed by atoms with Crippen LogP contribution >= 0.6 is 0 Å². The van der Waals surface area contributed by atoms with E-state index in [0.29, 0.717) is 0 Å². The maximum atomic E-state index is 4.61. The van der Waals surface area contributed by atoms with Gasteiger partial charge in [0, 0.05) is 11.9 Å².